The fourth-order valence-electron chi connectivity index (χ4n) is 0.468. The molecule has 1 N–H and O–H groups in total. The van der Waals surface area contributed by atoms with Gasteiger partial charge in [-0.3, -0.25) is 0 Å². The summed E-state index contributed by atoms with van der Waals surface area (Å²) in [6, 6.07) is 0. The lowest BCUT2D eigenvalue weighted by Gasteiger charge is -2.00. The summed E-state index contributed by atoms with van der Waals surface area (Å²) >= 11 is 0. The summed E-state index contributed by atoms with van der Waals surface area (Å²) in [6.45, 7) is 7.07. The molecule has 1 heteroatoms. The second kappa shape index (κ2) is 4.60. The maximum absolute atomic E-state index is 6.57. The molecule has 0 aromatic rings. The Morgan fingerprint density at radius 1 is 1.50 bits per heavy atom. The van der Waals surface area contributed by atoms with Gasteiger partial charge in [0.15, 0.2) is 0 Å². The molecule has 8 heavy (non-hydrogen) atoms. The molecule has 0 heterocycles. The zero-order valence-electron chi connectivity index (χ0n) is 5.97. The lowest BCUT2D eigenvalue weighted by Crippen LogP contribution is -2.01. The highest BCUT2D eigenvalue weighted by molar-refractivity contribution is 4.78. The van der Waals surface area contributed by atoms with Gasteiger partial charge in [0.2, 0.25) is 1.43 Å². The second-order valence-corrected chi connectivity index (χ2v) is 1.67. The smallest absolute Gasteiger partial charge is 0.210 e. The quantitative estimate of drug-likeness (QED) is 0.536. The summed E-state index contributed by atoms with van der Waals surface area (Å²) in [5.74, 6) is 0. The molecule has 1 nitrogen and oxygen atoms in total. The maximum Gasteiger partial charge on any atom is 0.210 e. The van der Waals surface area contributed by atoms with Gasteiger partial charge in [0, 0.05) is 0 Å². The predicted molar refractivity (Wildman–Crippen MR) is 35.6 cm³/mol. The molecular weight excluding hydrogens is 100 g/mol. The molecule has 46 valence electrons. The van der Waals surface area contributed by atoms with E-state index in [9.17, 15) is 0 Å². The van der Waals surface area contributed by atoms with Crippen LogP contribution in [0.15, 0.2) is 25.3 Å². The predicted octanol–water partition coefficient (Wildman–Crippen LogP) is 1.50. The summed E-state index contributed by atoms with van der Waals surface area (Å²) < 4.78 is 6.57. The van der Waals surface area contributed by atoms with Crippen LogP contribution >= 0.6 is 0 Å². The minimum absolute atomic E-state index is 0.0556. The first-order valence-corrected chi connectivity index (χ1v) is 2.69. The van der Waals surface area contributed by atoms with Crippen LogP contribution in [0.25, 0.3) is 0 Å². The van der Waals surface area contributed by atoms with E-state index in [2.05, 4.69) is 18.3 Å². The molecule has 0 aromatic heterocycles. The van der Waals surface area contributed by atoms with Crippen molar-refractivity contribution in [3.05, 3.63) is 25.3 Å². The first-order valence-electron chi connectivity index (χ1n) is 3.09. The Labute approximate surface area is 51.8 Å². The van der Waals surface area contributed by atoms with Crippen molar-refractivity contribution in [2.75, 3.05) is 0 Å². The lowest BCUT2D eigenvalue weighted by molar-refractivity contribution is 0.181. The molecule has 0 amide bonds. The van der Waals surface area contributed by atoms with Crippen molar-refractivity contribution in [2.45, 2.75) is 18.9 Å². The molecule has 0 radical (unpaired) electrons. The van der Waals surface area contributed by atoms with Gasteiger partial charge in [-0.05, 0) is 12.8 Å². The molecule has 0 aliphatic heterocycles. The zero-order chi connectivity index (χ0) is 7.11. The van der Waals surface area contributed by atoms with Crippen molar-refractivity contribution < 1.29 is 5.11 Å². The van der Waals surface area contributed by atoms with Crippen LogP contribution in [0.5, 0.6) is 0 Å². The highest BCUT2D eigenvalue weighted by Gasteiger charge is 1.94. The summed E-state index contributed by atoms with van der Waals surface area (Å²) in [5.41, 5.74) is 0. The van der Waals surface area contributed by atoms with Crippen LogP contribution in [0.1, 0.15) is 12.8 Å². The van der Waals surface area contributed by atoms with Crippen molar-refractivity contribution in [3.63, 3.8) is 0 Å². The van der Waals surface area contributed by atoms with E-state index in [4.69, 9.17) is 1.43 Å². The Kier molecular flexibility index (Phi) is 3.20. The molecule has 0 aliphatic rings. The van der Waals surface area contributed by atoms with Crippen LogP contribution < -0.4 is 0 Å². The van der Waals surface area contributed by atoms with Crippen molar-refractivity contribution in [1.29, 1.82) is 1.43 Å². The van der Waals surface area contributed by atoms with Crippen molar-refractivity contribution >= 4 is 0 Å². The topological polar surface area (TPSA) is 20.2 Å². The van der Waals surface area contributed by atoms with Gasteiger partial charge in [-0.1, -0.05) is 12.2 Å². The van der Waals surface area contributed by atoms with Crippen LogP contribution in [-0.4, -0.2) is 12.6 Å². The molecule has 0 rings (SSSR count). The van der Waals surface area contributed by atoms with Gasteiger partial charge in [-0.25, -0.2) is 0 Å². The highest BCUT2D eigenvalue weighted by atomic mass is 16.3. The number of hydrogen-bond donors (Lipinski definition) is 1. The first kappa shape index (κ1) is 5.57. The van der Waals surface area contributed by atoms with Gasteiger partial charge in [0.1, 0.15) is 0 Å². The van der Waals surface area contributed by atoms with Gasteiger partial charge < -0.3 is 5.11 Å². The number of aliphatic hydroxyl groups excluding tert-OH is 1. The second-order valence-electron chi connectivity index (χ2n) is 1.67. The van der Waals surface area contributed by atoms with Crippen LogP contribution in [0, 0.1) is 0 Å². The Morgan fingerprint density at radius 2 is 2.00 bits per heavy atom. The molecule has 0 spiro atoms. The average Bonchev–Trinajstić information content (AvgIpc) is 1.88. The molecule has 0 aromatic carbocycles. The number of hydrogen-bond acceptors (Lipinski definition) is 1. The SMILES string of the molecule is [2H]OC(CC=C)CC=C. The molecule has 0 fully saturated rings. The number of aliphatic hydroxyl groups is 1. The van der Waals surface area contributed by atoms with Crippen LogP contribution in [0.2, 0.25) is 0 Å². The Hall–Kier alpha value is -0.560. The van der Waals surface area contributed by atoms with Gasteiger partial charge in [-0.15, -0.1) is 13.2 Å². The minimum atomic E-state index is -0.0556. The highest BCUT2D eigenvalue weighted by Crippen LogP contribution is 1.96. The van der Waals surface area contributed by atoms with Crippen LogP contribution in [-0.2, 0) is 0 Å². The van der Waals surface area contributed by atoms with Crippen LogP contribution in [0.3, 0.4) is 0 Å². The van der Waals surface area contributed by atoms with E-state index in [0.29, 0.717) is 0 Å². The van der Waals surface area contributed by atoms with Gasteiger partial charge in [-0.2, -0.15) is 0 Å². The molecule has 0 aliphatic carbocycles. The van der Waals surface area contributed by atoms with Gasteiger partial charge in [0.05, 0.1) is 6.10 Å². The molecule has 0 bridgehead atoms. The third-order valence-corrected chi connectivity index (χ3v) is 0.859. The largest absolute Gasteiger partial charge is 0.392 e. The van der Waals surface area contributed by atoms with E-state index < -0.39 is 0 Å². The van der Waals surface area contributed by atoms with E-state index in [1.54, 1.807) is 12.2 Å². The summed E-state index contributed by atoms with van der Waals surface area (Å²) in [4.78, 5) is 0. The monoisotopic (exact) mass is 113 g/mol. The first-order chi connectivity index (χ1) is 4.35. The van der Waals surface area contributed by atoms with Gasteiger partial charge >= 0.3 is 0 Å². The summed E-state index contributed by atoms with van der Waals surface area (Å²) in [5, 5.41) is 4.34. The Bertz CT molecular complexity index is 80.9. The van der Waals surface area contributed by atoms with Crippen molar-refractivity contribution in [2.24, 2.45) is 0 Å². The summed E-state index contributed by atoms with van der Waals surface area (Å²) in [6.07, 6.45) is 4.86. The average molecular weight is 113 g/mol. The van der Waals surface area contributed by atoms with E-state index in [1.165, 1.54) is 0 Å². The molecule has 0 saturated heterocycles. The normalized spacial score (nSPS) is 10.9. The Morgan fingerprint density at radius 3 is 2.25 bits per heavy atom. The maximum atomic E-state index is 6.57. The fraction of sp³-hybridized carbons (Fsp3) is 0.429. The zero-order valence-corrected chi connectivity index (χ0v) is 4.97. The van der Waals surface area contributed by atoms with E-state index in [0.717, 1.165) is 12.8 Å². The Balaban J connectivity index is 3.39. The van der Waals surface area contributed by atoms with Crippen molar-refractivity contribution in [1.82, 2.24) is 0 Å². The lowest BCUT2D eigenvalue weighted by atomic mass is 10.2. The third-order valence-electron chi connectivity index (χ3n) is 0.859. The molecule has 0 atom stereocenters. The van der Waals surface area contributed by atoms with E-state index >= 15 is 0 Å². The van der Waals surface area contributed by atoms with E-state index in [-0.39, 0.29) is 6.10 Å². The van der Waals surface area contributed by atoms with Crippen LogP contribution in [0.4, 0.5) is 0 Å². The molecular formula is C7H12O. The van der Waals surface area contributed by atoms with E-state index in [1.807, 2.05) is 0 Å². The standard InChI is InChI=1S/C7H12O/c1-3-5-7(8)6-4-2/h3-4,7-8H,1-2,5-6H2/i8D. The molecule has 0 unspecified atom stereocenters. The van der Waals surface area contributed by atoms with Crippen molar-refractivity contribution in [3.8, 4) is 0 Å². The number of rotatable bonds is 5. The van der Waals surface area contributed by atoms with Gasteiger partial charge in [0.25, 0.3) is 0 Å². The minimum Gasteiger partial charge on any atom is -0.392 e. The summed E-state index contributed by atoms with van der Waals surface area (Å²) in [7, 11) is 0. The fourth-order valence-corrected chi connectivity index (χ4v) is 0.468. The molecule has 0 saturated carbocycles. The third kappa shape index (κ3) is 3.62.